The van der Waals surface area contributed by atoms with E-state index < -0.39 is 0 Å². The lowest BCUT2D eigenvalue weighted by atomic mass is 10.1. The third kappa shape index (κ3) is 1.34. The predicted octanol–water partition coefficient (Wildman–Crippen LogP) is 0.605. The lowest BCUT2D eigenvalue weighted by Gasteiger charge is -2.25. The zero-order chi connectivity index (χ0) is 9.71. The van der Waals surface area contributed by atoms with Crippen LogP contribution < -0.4 is 5.32 Å². The number of nitrogens with zero attached hydrogens (tertiary/aromatic N) is 1. The van der Waals surface area contributed by atoms with Gasteiger partial charge in [0.25, 0.3) is 0 Å². The van der Waals surface area contributed by atoms with Crippen LogP contribution >= 0.6 is 0 Å². The third-order valence-corrected chi connectivity index (χ3v) is 3.96. The zero-order valence-corrected chi connectivity index (χ0v) is 8.70. The number of likely N-dealkylation sites (N-methyl/N-ethyl adjacent to an activating group) is 1. The molecule has 2 saturated carbocycles. The van der Waals surface area contributed by atoms with Crippen molar-refractivity contribution in [1.29, 1.82) is 0 Å². The number of carbonyl (C=O) groups excluding carboxylic acids is 1. The molecule has 1 N–H and O–H groups in total. The summed E-state index contributed by atoms with van der Waals surface area (Å²) in [5, 5.41) is 3.17. The van der Waals surface area contributed by atoms with Gasteiger partial charge in [0.05, 0.1) is 6.04 Å². The van der Waals surface area contributed by atoms with Crippen LogP contribution in [0.15, 0.2) is 0 Å². The van der Waals surface area contributed by atoms with Crippen molar-refractivity contribution in [2.75, 3.05) is 13.6 Å². The van der Waals surface area contributed by atoms with Gasteiger partial charge in [0.15, 0.2) is 0 Å². The number of hydrogen-bond donors (Lipinski definition) is 1. The fourth-order valence-electron chi connectivity index (χ4n) is 2.73. The lowest BCUT2D eigenvalue weighted by Crippen LogP contribution is -2.45. The van der Waals surface area contributed by atoms with Crippen molar-refractivity contribution in [1.82, 2.24) is 10.2 Å². The topological polar surface area (TPSA) is 32.3 Å². The van der Waals surface area contributed by atoms with Crippen LogP contribution in [0.3, 0.4) is 0 Å². The fourth-order valence-corrected chi connectivity index (χ4v) is 2.73. The van der Waals surface area contributed by atoms with Gasteiger partial charge in [0.2, 0.25) is 5.91 Å². The first-order valence-electron chi connectivity index (χ1n) is 5.77. The standard InChI is InChI=1S/C11H18N2O/c1-12-10-5-7-4-8(7)6-13(11(10)14)9-2-3-9/h7-10,12H,2-6H2,1H3. The summed E-state index contributed by atoms with van der Waals surface area (Å²) in [5.41, 5.74) is 0. The van der Waals surface area contributed by atoms with Gasteiger partial charge in [-0.05, 0) is 44.6 Å². The maximum absolute atomic E-state index is 12.1. The van der Waals surface area contributed by atoms with Crippen LogP contribution in [0.1, 0.15) is 25.7 Å². The molecule has 2 aliphatic carbocycles. The van der Waals surface area contributed by atoms with Gasteiger partial charge in [0, 0.05) is 12.6 Å². The Morgan fingerprint density at radius 3 is 2.71 bits per heavy atom. The van der Waals surface area contributed by atoms with Crippen molar-refractivity contribution in [3.63, 3.8) is 0 Å². The Kier molecular flexibility index (Phi) is 1.84. The van der Waals surface area contributed by atoms with Crippen LogP contribution in [0.5, 0.6) is 0 Å². The molecular weight excluding hydrogens is 176 g/mol. The average Bonchev–Trinajstić information content (AvgIpc) is 2.98. The highest BCUT2D eigenvalue weighted by atomic mass is 16.2. The number of nitrogens with one attached hydrogen (secondary N) is 1. The Labute approximate surface area is 84.8 Å². The molecule has 0 radical (unpaired) electrons. The van der Waals surface area contributed by atoms with Gasteiger partial charge in [-0.3, -0.25) is 4.79 Å². The molecule has 3 fully saturated rings. The molecule has 0 aromatic carbocycles. The third-order valence-electron chi connectivity index (χ3n) is 3.96. The van der Waals surface area contributed by atoms with E-state index in [0.29, 0.717) is 11.9 Å². The number of fused-ring (bicyclic) bond motifs is 1. The van der Waals surface area contributed by atoms with Gasteiger partial charge < -0.3 is 10.2 Å². The monoisotopic (exact) mass is 194 g/mol. The van der Waals surface area contributed by atoms with E-state index in [-0.39, 0.29) is 6.04 Å². The predicted molar refractivity (Wildman–Crippen MR) is 53.8 cm³/mol. The van der Waals surface area contributed by atoms with Gasteiger partial charge in [-0.2, -0.15) is 0 Å². The summed E-state index contributed by atoms with van der Waals surface area (Å²) in [4.78, 5) is 14.2. The maximum Gasteiger partial charge on any atom is 0.239 e. The summed E-state index contributed by atoms with van der Waals surface area (Å²) in [6, 6.07) is 0.700. The molecule has 3 unspecified atom stereocenters. The van der Waals surface area contributed by atoms with Crippen LogP contribution in [-0.2, 0) is 4.79 Å². The smallest absolute Gasteiger partial charge is 0.239 e. The molecular formula is C11H18N2O. The molecule has 1 heterocycles. The van der Waals surface area contributed by atoms with Crippen LogP contribution in [0.4, 0.5) is 0 Å². The molecule has 0 aromatic rings. The van der Waals surface area contributed by atoms with Gasteiger partial charge in [-0.25, -0.2) is 0 Å². The van der Waals surface area contributed by atoms with Crippen molar-refractivity contribution in [2.24, 2.45) is 11.8 Å². The number of amides is 1. The quantitative estimate of drug-likeness (QED) is 0.698. The van der Waals surface area contributed by atoms with Crippen LogP contribution in [0.2, 0.25) is 0 Å². The fraction of sp³-hybridized carbons (Fsp3) is 0.909. The molecule has 3 aliphatic rings. The number of likely N-dealkylation sites (tertiary alicyclic amines) is 1. The Hall–Kier alpha value is -0.570. The zero-order valence-electron chi connectivity index (χ0n) is 8.70. The Balaban J connectivity index is 1.78. The molecule has 14 heavy (non-hydrogen) atoms. The van der Waals surface area contributed by atoms with Crippen molar-refractivity contribution in [2.45, 2.75) is 37.8 Å². The van der Waals surface area contributed by atoms with Gasteiger partial charge >= 0.3 is 0 Å². The minimum Gasteiger partial charge on any atom is -0.338 e. The second-order valence-corrected chi connectivity index (χ2v) is 5.05. The van der Waals surface area contributed by atoms with Crippen LogP contribution in [0.25, 0.3) is 0 Å². The van der Waals surface area contributed by atoms with E-state index in [2.05, 4.69) is 10.2 Å². The largest absolute Gasteiger partial charge is 0.338 e. The summed E-state index contributed by atoms with van der Waals surface area (Å²) < 4.78 is 0. The molecule has 0 spiro atoms. The second-order valence-electron chi connectivity index (χ2n) is 5.05. The summed E-state index contributed by atoms with van der Waals surface area (Å²) in [6.45, 7) is 1.05. The molecule has 3 rings (SSSR count). The first-order chi connectivity index (χ1) is 6.79. The van der Waals surface area contributed by atoms with E-state index in [1.54, 1.807) is 0 Å². The van der Waals surface area contributed by atoms with Crippen LogP contribution in [-0.4, -0.2) is 36.5 Å². The normalized spacial score (nSPS) is 41.9. The molecule has 3 nitrogen and oxygen atoms in total. The van der Waals surface area contributed by atoms with E-state index in [1.165, 1.54) is 19.3 Å². The molecule has 1 saturated heterocycles. The number of hydrogen-bond acceptors (Lipinski definition) is 2. The van der Waals surface area contributed by atoms with Crippen molar-refractivity contribution in [3.05, 3.63) is 0 Å². The molecule has 3 atom stereocenters. The molecule has 78 valence electrons. The summed E-state index contributed by atoms with van der Waals surface area (Å²) in [6.07, 6.45) is 4.90. The molecule has 1 aliphatic heterocycles. The summed E-state index contributed by atoms with van der Waals surface area (Å²) >= 11 is 0. The Bertz CT molecular complexity index is 262. The van der Waals surface area contributed by atoms with Crippen molar-refractivity contribution < 1.29 is 4.79 Å². The summed E-state index contributed by atoms with van der Waals surface area (Å²) in [7, 11) is 1.91. The van der Waals surface area contributed by atoms with E-state index in [4.69, 9.17) is 0 Å². The van der Waals surface area contributed by atoms with Crippen molar-refractivity contribution in [3.8, 4) is 0 Å². The first-order valence-corrected chi connectivity index (χ1v) is 5.77. The van der Waals surface area contributed by atoms with E-state index >= 15 is 0 Å². The molecule has 0 aromatic heterocycles. The minimum absolute atomic E-state index is 0.105. The number of rotatable bonds is 2. The van der Waals surface area contributed by atoms with Gasteiger partial charge in [0.1, 0.15) is 0 Å². The Morgan fingerprint density at radius 2 is 2.07 bits per heavy atom. The van der Waals surface area contributed by atoms with Crippen molar-refractivity contribution >= 4 is 5.91 Å². The summed E-state index contributed by atoms with van der Waals surface area (Å²) in [5.74, 6) is 2.03. The highest BCUT2D eigenvalue weighted by Crippen LogP contribution is 2.46. The van der Waals surface area contributed by atoms with Gasteiger partial charge in [-0.15, -0.1) is 0 Å². The number of carbonyl (C=O) groups is 1. The second kappa shape index (κ2) is 2.96. The maximum atomic E-state index is 12.1. The highest BCUT2D eigenvalue weighted by Gasteiger charge is 2.48. The molecule has 1 amide bonds. The molecule has 3 heteroatoms. The van der Waals surface area contributed by atoms with E-state index in [0.717, 1.165) is 24.8 Å². The average molecular weight is 194 g/mol. The molecule has 0 bridgehead atoms. The lowest BCUT2D eigenvalue weighted by molar-refractivity contribution is -0.133. The van der Waals surface area contributed by atoms with Gasteiger partial charge in [-0.1, -0.05) is 0 Å². The SMILES string of the molecule is CNC1CC2CC2CN(C2CC2)C1=O. The Morgan fingerprint density at radius 1 is 1.29 bits per heavy atom. The van der Waals surface area contributed by atoms with E-state index in [9.17, 15) is 4.79 Å². The van der Waals surface area contributed by atoms with E-state index in [1.807, 2.05) is 7.05 Å². The minimum atomic E-state index is 0.105. The first kappa shape index (κ1) is 8.72. The van der Waals surface area contributed by atoms with Crippen LogP contribution in [0, 0.1) is 11.8 Å². The highest BCUT2D eigenvalue weighted by molar-refractivity contribution is 5.83.